The highest BCUT2D eigenvalue weighted by atomic mass is 16.2. The van der Waals surface area contributed by atoms with Gasteiger partial charge in [-0.3, -0.25) is 4.79 Å². The molecule has 1 aliphatic carbocycles. The summed E-state index contributed by atoms with van der Waals surface area (Å²) < 4.78 is 0. The molecule has 0 bridgehead atoms. The third kappa shape index (κ3) is 3.23. The fourth-order valence-electron chi connectivity index (χ4n) is 1.81. The van der Waals surface area contributed by atoms with Gasteiger partial charge in [-0.1, -0.05) is 18.2 Å². The third-order valence-electron chi connectivity index (χ3n) is 2.95. The van der Waals surface area contributed by atoms with Crippen molar-refractivity contribution in [3.05, 3.63) is 48.6 Å². The molecule has 0 radical (unpaired) electrons. The number of nitrogen functional groups attached to an aromatic ring is 1. The molecular formula is C15H18N2O. The Labute approximate surface area is 108 Å². The molecule has 3 nitrogen and oxygen atoms in total. The van der Waals surface area contributed by atoms with E-state index in [1.165, 1.54) is 0 Å². The van der Waals surface area contributed by atoms with Crippen LogP contribution in [0.2, 0.25) is 0 Å². The van der Waals surface area contributed by atoms with Crippen molar-refractivity contribution in [3.63, 3.8) is 0 Å². The zero-order valence-electron chi connectivity index (χ0n) is 10.4. The minimum Gasteiger partial charge on any atom is -0.399 e. The second-order valence-electron chi connectivity index (χ2n) is 4.51. The van der Waals surface area contributed by atoms with Gasteiger partial charge in [-0.15, -0.1) is 6.58 Å². The Hall–Kier alpha value is -2.03. The molecule has 0 unspecified atom stereocenters. The Kier molecular flexibility index (Phi) is 3.82. The summed E-state index contributed by atoms with van der Waals surface area (Å²) in [4.78, 5) is 13.9. The average Bonchev–Trinajstić information content (AvgIpc) is 3.19. The molecule has 1 amide bonds. The largest absolute Gasteiger partial charge is 0.399 e. The third-order valence-corrected chi connectivity index (χ3v) is 2.95. The van der Waals surface area contributed by atoms with E-state index in [0.29, 0.717) is 12.6 Å². The Morgan fingerprint density at radius 3 is 2.61 bits per heavy atom. The Bertz CT molecular complexity index is 458. The number of hydrogen-bond acceptors (Lipinski definition) is 2. The number of nitrogens with two attached hydrogens (primary N) is 1. The summed E-state index contributed by atoms with van der Waals surface area (Å²) in [6.07, 6.45) is 7.42. The molecule has 18 heavy (non-hydrogen) atoms. The predicted molar refractivity (Wildman–Crippen MR) is 74.8 cm³/mol. The minimum atomic E-state index is 0.0502. The van der Waals surface area contributed by atoms with Crippen molar-refractivity contribution in [3.8, 4) is 0 Å². The van der Waals surface area contributed by atoms with E-state index in [2.05, 4.69) is 6.58 Å². The summed E-state index contributed by atoms with van der Waals surface area (Å²) in [5, 5.41) is 0. The van der Waals surface area contributed by atoms with Crippen molar-refractivity contribution in [2.24, 2.45) is 0 Å². The lowest BCUT2D eigenvalue weighted by Crippen LogP contribution is -2.31. The lowest BCUT2D eigenvalue weighted by Gasteiger charge is -2.18. The maximum atomic E-state index is 12.0. The molecule has 1 aromatic rings. The van der Waals surface area contributed by atoms with Crippen LogP contribution in [0.25, 0.3) is 6.08 Å². The molecule has 2 rings (SSSR count). The van der Waals surface area contributed by atoms with E-state index in [4.69, 9.17) is 5.73 Å². The van der Waals surface area contributed by atoms with Crippen molar-refractivity contribution in [1.29, 1.82) is 0 Å². The highest BCUT2D eigenvalue weighted by Gasteiger charge is 2.30. The first kappa shape index (κ1) is 12.4. The molecule has 0 atom stereocenters. The zero-order chi connectivity index (χ0) is 13.0. The van der Waals surface area contributed by atoms with Crippen LogP contribution in [0, 0.1) is 0 Å². The fraction of sp³-hybridized carbons (Fsp3) is 0.267. The second kappa shape index (κ2) is 5.54. The summed E-state index contributed by atoms with van der Waals surface area (Å²) in [6.45, 7) is 4.31. The zero-order valence-corrected chi connectivity index (χ0v) is 10.4. The number of rotatable bonds is 5. The van der Waals surface area contributed by atoms with E-state index >= 15 is 0 Å². The molecule has 1 fully saturated rings. The Morgan fingerprint density at radius 1 is 1.39 bits per heavy atom. The SMILES string of the molecule is C=CCN(C(=O)/C=C/c1ccc(N)cc1)C1CC1. The van der Waals surface area contributed by atoms with Crippen molar-refractivity contribution >= 4 is 17.7 Å². The van der Waals surface area contributed by atoms with Crippen LogP contribution in [0.15, 0.2) is 43.0 Å². The lowest BCUT2D eigenvalue weighted by atomic mass is 10.2. The molecule has 0 heterocycles. The van der Waals surface area contributed by atoms with E-state index in [1.54, 1.807) is 12.2 Å². The van der Waals surface area contributed by atoms with Gasteiger partial charge in [-0.2, -0.15) is 0 Å². The summed E-state index contributed by atoms with van der Waals surface area (Å²) >= 11 is 0. The highest BCUT2D eigenvalue weighted by Crippen LogP contribution is 2.27. The van der Waals surface area contributed by atoms with Gasteiger partial charge in [-0.25, -0.2) is 0 Å². The quantitative estimate of drug-likeness (QED) is 0.490. The molecule has 0 aromatic heterocycles. The first-order chi connectivity index (χ1) is 8.70. The molecule has 0 aliphatic heterocycles. The van der Waals surface area contributed by atoms with E-state index in [0.717, 1.165) is 24.1 Å². The first-order valence-corrected chi connectivity index (χ1v) is 6.16. The lowest BCUT2D eigenvalue weighted by molar-refractivity contribution is -0.125. The average molecular weight is 242 g/mol. The number of benzene rings is 1. The maximum Gasteiger partial charge on any atom is 0.247 e. The Morgan fingerprint density at radius 2 is 2.06 bits per heavy atom. The predicted octanol–water partition coefficient (Wildman–Crippen LogP) is 2.46. The van der Waals surface area contributed by atoms with E-state index < -0.39 is 0 Å². The monoisotopic (exact) mass is 242 g/mol. The van der Waals surface area contributed by atoms with Gasteiger partial charge < -0.3 is 10.6 Å². The number of hydrogen-bond donors (Lipinski definition) is 1. The molecule has 3 heteroatoms. The van der Waals surface area contributed by atoms with E-state index in [-0.39, 0.29) is 5.91 Å². The topological polar surface area (TPSA) is 46.3 Å². The number of nitrogens with zero attached hydrogens (tertiary/aromatic N) is 1. The van der Waals surface area contributed by atoms with Gasteiger partial charge in [0.25, 0.3) is 0 Å². The smallest absolute Gasteiger partial charge is 0.247 e. The van der Waals surface area contributed by atoms with Gasteiger partial charge in [0.05, 0.1) is 0 Å². The normalized spacial score (nSPS) is 14.7. The van der Waals surface area contributed by atoms with E-state index in [1.807, 2.05) is 35.2 Å². The molecule has 94 valence electrons. The summed E-state index contributed by atoms with van der Waals surface area (Å²) in [6, 6.07) is 7.85. The van der Waals surface area contributed by atoms with Gasteiger partial charge >= 0.3 is 0 Å². The van der Waals surface area contributed by atoms with Crippen LogP contribution in [0.3, 0.4) is 0 Å². The van der Waals surface area contributed by atoms with Gasteiger partial charge in [0.2, 0.25) is 5.91 Å². The summed E-state index contributed by atoms with van der Waals surface area (Å²) in [7, 11) is 0. The van der Waals surface area contributed by atoms with Crippen LogP contribution in [0.5, 0.6) is 0 Å². The molecule has 0 spiro atoms. The van der Waals surface area contributed by atoms with Crippen LogP contribution in [0.1, 0.15) is 18.4 Å². The molecule has 1 saturated carbocycles. The number of anilines is 1. The summed E-state index contributed by atoms with van der Waals surface area (Å²) in [5.74, 6) is 0.0502. The molecule has 0 saturated heterocycles. The highest BCUT2D eigenvalue weighted by molar-refractivity contribution is 5.92. The second-order valence-corrected chi connectivity index (χ2v) is 4.51. The molecule has 1 aromatic carbocycles. The first-order valence-electron chi connectivity index (χ1n) is 6.16. The molecule has 2 N–H and O–H groups in total. The van der Waals surface area contributed by atoms with Crippen LogP contribution >= 0.6 is 0 Å². The van der Waals surface area contributed by atoms with Crippen molar-refractivity contribution < 1.29 is 4.79 Å². The van der Waals surface area contributed by atoms with Crippen molar-refractivity contribution in [2.45, 2.75) is 18.9 Å². The van der Waals surface area contributed by atoms with Crippen LogP contribution in [-0.2, 0) is 4.79 Å². The number of carbonyl (C=O) groups is 1. The number of carbonyl (C=O) groups excluding carboxylic acids is 1. The van der Waals surface area contributed by atoms with Crippen molar-refractivity contribution in [2.75, 3.05) is 12.3 Å². The van der Waals surface area contributed by atoms with Gasteiger partial charge in [-0.05, 0) is 36.6 Å². The van der Waals surface area contributed by atoms with Gasteiger partial charge in [0.15, 0.2) is 0 Å². The van der Waals surface area contributed by atoms with Gasteiger partial charge in [0, 0.05) is 24.4 Å². The summed E-state index contributed by atoms with van der Waals surface area (Å²) in [5.41, 5.74) is 7.31. The minimum absolute atomic E-state index is 0.0502. The van der Waals surface area contributed by atoms with Crippen molar-refractivity contribution in [1.82, 2.24) is 4.90 Å². The van der Waals surface area contributed by atoms with Gasteiger partial charge in [0.1, 0.15) is 0 Å². The van der Waals surface area contributed by atoms with E-state index in [9.17, 15) is 4.79 Å². The fourth-order valence-corrected chi connectivity index (χ4v) is 1.81. The maximum absolute atomic E-state index is 12.0. The van der Waals surface area contributed by atoms with Crippen LogP contribution < -0.4 is 5.73 Å². The Balaban J connectivity index is 2.00. The van der Waals surface area contributed by atoms with Crippen LogP contribution in [-0.4, -0.2) is 23.4 Å². The molecular weight excluding hydrogens is 224 g/mol. The standard InChI is InChI=1S/C15H18N2O/c1-2-11-17(14-8-9-14)15(18)10-5-12-3-6-13(16)7-4-12/h2-7,10,14H,1,8-9,11,16H2/b10-5+. The van der Waals surface area contributed by atoms with Crippen LogP contribution in [0.4, 0.5) is 5.69 Å². The number of amides is 1. The molecule has 1 aliphatic rings.